The van der Waals surface area contributed by atoms with Crippen molar-refractivity contribution in [2.24, 2.45) is 5.41 Å². The Kier molecular flexibility index (Phi) is 4.53. The van der Waals surface area contributed by atoms with Gasteiger partial charge in [-0.1, -0.05) is 30.9 Å². The van der Waals surface area contributed by atoms with Crippen LogP contribution in [-0.4, -0.2) is 18.3 Å². The van der Waals surface area contributed by atoms with Crippen LogP contribution in [0.1, 0.15) is 32.1 Å². The summed E-state index contributed by atoms with van der Waals surface area (Å²) in [5.74, 6) is -0.515. The first-order valence-electron chi connectivity index (χ1n) is 6.66. The molecule has 0 amide bonds. The lowest BCUT2D eigenvalue weighted by Gasteiger charge is -2.36. The van der Waals surface area contributed by atoms with Gasteiger partial charge in [-0.15, -0.1) is 0 Å². The minimum Gasteiger partial charge on any atom is -0.397 e. The highest BCUT2D eigenvalue weighted by atomic mass is 35.5. The van der Waals surface area contributed by atoms with Gasteiger partial charge in [0.2, 0.25) is 0 Å². The molecule has 0 aliphatic heterocycles. The van der Waals surface area contributed by atoms with Crippen LogP contribution in [0.5, 0.6) is 0 Å². The van der Waals surface area contributed by atoms with Crippen molar-refractivity contribution >= 4 is 23.0 Å². The number of aliphatic hydroxyl groups is 1. The van der Waals surface area contributed by atoms with Crippen molar-refractivity contribution in [3.8, 4) is 0 Å². The third-order valence-corrected chi connectivity index (χ3v) is 4.29. The first-order valence-corrected chi connectivity index (χ1v) is 7.03. The zero-order valence-electron chi connectivity index (χ0n) is 10.9. The summed E-state index contributed by atoms with van der Waals surface area (Å²) >= 11 is 5.76. The maximum Gasteiger partial charge on any atom is 0.143 e. The Labute approximate surface area is 117 Å². The van der Waals surface area contributed by atoms with Crippen LogP contribution in [0.2, 0.25) is 5.02 Å². The molecule has 0 radical (unpaired) electrons. The summed E-state index contributed by atoms with van der Waals surface area (Å²) in [6.45, 7) is 0.796. The number of hydrogen-bond acceptors (Lipinski definition) is 3. The third kappa shape index (κ3) is 3.31. The van der Waals surface area contributed by atoms with Gasteiger partial charge in [-0.3, -0.25) is 0 Å². The molecule has 4 N–H and O–H groups in total. The molecule has 5 heteroatoms. The van der Waals surface area contributed by atoms with Gasteiger partial charge >= 0.3 is 0 Å². The van der Waals surface area contributed by atoms with Crippen LogP contribution in [0.4, 0.5) is 15.8 Å². The predicted molar refractivity (Wildman–Crippen MR) is 76.9 cm³/mol. The molecule has 1 aliphatic carbocycles. The first kappa shape index (κ1) is 14.4. The average Bonchev–Trinajstić information content (AvgIpc) is 2.42. The van der Waals surface area contributed by atoms with Gasteiger partial charge in [0.05, 0.1) is 23.0 Å². The number of nitrogens with two attached hydrogens (primary N) is 1. The van der Waals surface area contributed by atoms with Crippen LogP contribution in [0.15, 0.2) is 12.1 Å². The van der Waals surface area contributed by atoms with Crippen molar-refractivity contribution < 1.29 is 9.50 Å². The summed E-state index contributed by atoms with van der Waals surface area (Å²) in [6.07, 6.45) is 5.52. The molecule has 1 aliphatic rings. The van der Waals surface area contributed by atoms with Crippen LogP contribution in [-0.2, 0) is 0 Å². The Morgan fingerprint density at radius 2 is 2.00 bits per heavy atom. The Balaban J connectivity index is 2.07. The number of benzene rings is 1. The van der Waals surface area contributed by atoms with Crippen molar-refractivity contribution in [1.29, 1.82) is 0 Å². The molecule has 0 atom stereocenters. The van der Waals surface area contributed by atoms with E-state index in [0.717, 1.165) is 25.7 Å². The Morgan fingerprint density at radius 1 is 1.32 bits per heavy atom. The standard InChI is InChI=1S/C14H20ClFN2O/c15-10-6-13(12(17)7-11(10)16)18-8-14(9-19)4-2-1-3-5-14/h6-7,18-19H,1-5,8-9,17H2. The second-order valence-electron chi connectivity index (χ2n) is 5.43. The van der Waals surface area contributed by atoms with Gasteiger partial charge in [0.15, 0.2) is 0 Å². The van der Waals surface area contributed by atoms with E-state index >= 15 is 0 Å². The van der Waals surface area contributed by atoms with Gasteiger partial charge < -0.3 is 16.2 Å². The molecule has 2 rings (SSSR count). The van der Waals surface area contributed by atoms with E-state index in [1.54, 1.807) is 0 Å². The number of hydrogen-bond donors (Lipinski definition) is 3. The number of aliphatic hydroxyl groups excluding tert-OH is 1. The SMILES string of the molecule is Nc1cc(F)c(Cl)cc1NCC1(CO)CCCCC1. The fourth-order valence-electron chi connectivity index (χ4n) is 2.69. The van der Waals surface area contributed by atoms with Crippen LogP contribution >= 0.6 is 11.6 Å². The van der Waals surface area contributed by atoms with E-state index in [2.05, 4.69) is 5.32 Å². The number of nitrogen functional groups attached to an aromatic ring is 1. The van der Waals surface area contributed by atoms with Crippen LogP contribution in [0, 0.1) is 11.2 Å². The molecule has 1 fully saturated rings. The molecule has 0 bridgehead atoms. The number of anilines is 2. The van der Waals surface area contributed by atoms with Gasteiger partial charge in [0, 0.05) is 18.0 Å². The summed E-state index contributed by atoms with van der Waals surface area (Å²) < 4.78 is 13.2. The molecule has 0 heterocycles. The van der Waals surface area contributed by atoms with Crippen molar-refractivity contribution in [3.63, 3.8) is 0 Å². The van der Waals surface area contributed by atoms with Crippen molar-refractivity contribution in [2.45, 2.75) is 32.1 Å². The fraction of sp³-hybridized carbons (Fsp3) is 0.571. The summed E-state index contributed by atoms with van der Waals surface area (Å²) in [7, 11) is 0. The van der Waals surface area contributed by atoms with Crippen LogP contribution in [0.25, 0.3) is 0 Å². The van der Waals surface area contributed by atoms with Crippen molar-refractivity contribution in [2.75, 3.05) is 24.2 Å². The van der Waals surface area contributed by atoms with E-state index in [9.17, 15) is 9.50 Å². The van der Waals surface area contributed by atoms with Gasteiger partial charge in [-0.2, -0.15) is 0 Å². The van der Waals surface area contributed by atoms with Crippen molar-refractivity contribution in [1.82, 2.24) is 0 Å². The molecular weight excluding hydrogens is 267 g/mol. The third-order valence-electron chi connectivity index (χ3n) is 4.00. The maximum atomic E-state index is 13.2. The molecule has 1 aromatic carbocycles. The molecule has 106 valence electrons. The molecule has 1 aromatic rings. The highest BCUT2D eigenvalue weighted by Gasteiger charge is 2.31. The van der Waals surface area contributed by atoms with Gasteiger partial charge in [0.1, 0.15) is 5.82 Å². The second-order valence-corrected chi connectivity index (χ2v) is 5.83. The molecule has 1 saturated carbocycles. The number of halogens is 2. The van der Waals surface area contributed by atoms with Gasteiger partial charge in [-0.05, 0) is 18.9 Å². The average molecular weight is 287 g/mol. The zero-order valence-corrected chi connectivity index (χ0v) is 11.6. The molecule has 3 nitrogen and oxygen atoms in total. The van der Waals surface area contributed by atoms with Crippen molar-refractivity contribution in [3.05, 3.63) is 23.0 Å². The second kappa shape index (κ2) is 5.97. The van der Waals surface area contributed by atoms with E-state index in [-0.39, 0.29) is 17.0 Å². The highest BCUT2D eigenvalue weighted by molar-refractivity contribution is 6.31. The number of rotatable bonds is 4. The maximum absolute atomic E-state index is 13.2. The largest absolute Gasteiger partial charge is 0.397 e. The monoisotopic (exact) mass is 286 g/mol. The Morgan fingerprint density at radius 3 is 2.63 bits per heavy atom. The summed E-state index contributed by atoms with van der Waals surface area (Å²) in [6, 6.07) is 2.72. The lowest BCUT2D eigenvalue weighted by Crippen LogP contribution is -2.35. The Bertz CT molecular complexity index is 447. The first-order chi connectivity index (χ1) is 9.06. The van der Waals surface area contributed by atoms with E-state index in [4.69, 9.17) is 17.3 Å². The normalized spacial score (nSPS) is 18.3. The van der Waals surface area contributed by atoms with Crippen LogP contribution in [0.3, 0.4) is 0 Å². The predicted octanol–water partition coefficient (Wildman–Crippen LogP) is 3.42. The van der Waals surface area contributed by atoms with Gasteiger partial charge in [0.25, 0.3) is 0 Å². The van der Waals surface area contributed by atoms with Gasteiger partial charge in [-0.25, -0.2) is 4.39 Å². The smallest absolute Gasteiger partial charge is 0.143 e. The van der Waals surface area contributed by atoms with E-state index in [1.807, 2.05) is 0 Å². The summed E-state index contributed by atoms with van der Waals surface area (Å²) in [5.41, 5.74) is 6.64. The van der Waals surface area contributed by atoms with E-state index in [0.29, 0.717) is 17.9 Å². The quantitative estimate of drug-likeness (QED) is 0.743. The number of nitrogens with one attached hydrogen (secondary N) is 1. The molecule has 0 aromatic heterocycles. The fourth-order valence-corrected chi connectivity index (χ4v) is 2.85. The molecule has 0 spiro atoms. The summed E-state index contributed by atoms with van der Waals surface area (Å²) in [5, 5.41) is 12.9. The minimum atomic E-state index is -0.515. The summed E-state index contributed by atoms with van der Waals surface area (Å²) in [4.78, 5) is 0. The topological polar surface area (TPSA) is 58.3 Å². The zero-order chi connectivity index (χ0) is 13.9. The highest BCUT2D eigenvalue weighted by Crippen LogP contribution is 2.36. The molecular formula is C14H20ClFN2O. The molecule has 0 saturated heterocycles. The lowest BCUT2D eigenvalue weighted by molar-refractivity contribution is 0.0944. The van der Waals surface area contributed by atoms with E-state index < -0.39 is 5.82 Å². The van der Waals surface area contributed by atoms with E-state index in [1.165, 1.54) is 18.6 Å². The minimum absolute atomic E-state index is 0.0541. The van der Waals surface area contributed by atoms with Crippen LogP contribution < -0.4 is 11.1 Å². The Hall–Kier alpha value is -1.00. The molecule has 0 unspecified atom stereocenters. The molecule has 19 heavy (non-hydrogen) atoms. The lowest BCUT2D eigenvalue weighted by atomic mass is 9.74.